The quantitative estimate of drug-likeness (QED) is 0.830. The molecule has 6 heteroatoms. The van der Waals surface area contributed by atoms with E-state index in [-0.39, 0.29) is 5.91 Å². The van der Waals surface area contributed by atoms with Gasteiger partial charge in [-0.05, 0) is 25.0 Å². The molecule has 2 N–H and O–H groups in total. The molecule has 1 aliphatic carbocycles. The van der Waals surface area contributed by atoms with E-state index in [0.717, 1.165) is 0 Å². The summed E-state index contributed by atoms with van der Waals surface area (Å²) in [5.74, 6) is -0.287. The van der Waals surface area contributed by atoms with Crippen LogP contribution >= 0.6 is 0 Å². The van der Waals surface area contributed by atoms with Gasteiger partial charge in [-0.2, -0.15) is 0 Å². The molecular weight excluding hydrogens is 246 g/mol. The topological polar surface area (TPSA) is 82.5 Å². The van der Waals surface area contributed by atoms with Crippen LogP contribution in [0, 0.1) is 5.41 Å². The summed E-state index contributed by atoms with van der Waals surface area (Å²) in [4.78, 5) is 28.3. The minimum Gasteiger partial charge on any atom is -0.481 e. The van der Waals surface area contributed by atoms with Crippen molar-refractivity contribution in [2.24, 2.45) is 5.41 Å². The van der Waals surface area contributed by atoms with Gasteiger partial charge >= 0.3 is 5.97 Å². The van der Waals surface area contributed by atoms with Crippen LogP contribution in [0.25, 0.3) is 0 Å². The number of hydrogen-bond donors (Lipinski definition) is 2. The van der Waals surface area contributed by atoms with Gasteiger partial charge in [0.25, 0.3) is 5.91 Å². The highest BCUT2D eigenvalue weighted by Gasteiger charge is 2.50. The number of amides is 1. The molecule has 0 aliphatic heterocycles. The SMILES string of the molecule is CN(C)C(=O)c1ccc(NCC2(C(=O)O)CC2)nc1. The maximum Gasteiger partial charge on any atom is 0.311 e. The molecule has 0 spiro atoms. The van der Waals surface area contributed by atoms with Crippen molar-refractivity contribution in [1.82, 2.24) is 9.88 Å². The molecule has 1 saturated carbocycles. The number of aromatic nitrogens is 1. The number of pyridine rings is 1. The highest BCUT2D eigenvalue weighted by molar-refractivity contribution is 5.93. The predicted molar refractivity (Wildman–Crippen MR) is 70.0 cm³/mol. The standard InChI is InChI=1S/C13H17N3O3/c1-16(2)11(17)9-3-4-10(14-7-9)15-8-13(5-6-13)12(18)19/h3-4,7H,5-6,8H2,1-2H3,(H,14,15)(H,18,19). The fraction of sp³-hybridized carbons (Fsp3) is 0.462. The Balaban J connectivity index is 1.96. The average molecular weight is 263 g/mol. The normalized spacial score (nSPS) is 15.7. The Kier molecular flexibility index (Phi) is 3.42. The summed E-state index contributed by atoms with van der Waals surface area (Å²) in [6, 6.07) is 3.37. The summed E-state index contributed by atoms with van der Waals surface area (Å²) < 4.78 is 0. The van der Waals surface area contributed by atoms with Crippen molar-refractivity contribution in [1.29, 1.82) is 0 Å². The first-order valence-electron chi connectivity index (χ1n) is 6.10. The molecule has 6 nitrogen and oxygen atoms in total. The second-order valence-electron chi connectivity index (χ2n) is 5.07. The Labute approximate surface area is 111 Å². The van der Waals surface area contributed by atoms with E-state index in [1.165, 1.54) is 11.1 Å². The van der Waals surface area contributed by atoms with E-state index in [2.05, 4.69) is 10.3 Å². The zero-order valence-electron chi connectivity index (χ0n) is 11.0. The molecule has 0 bridgehead atoms. The summed E-state index contributed by atoms with van der Waals surface area (Å²) in [6.07, 6.45) is 2.89. The van der Waals surface area contributed by atoms with Gasteiger partial charge in [-0.1, -0.05) is 0 Å². The summed E-state index contributed by atoms with van der Waals surface area (Å²) in [5, 5.41) is 12.1. The molecule has 1 amide bonds. The number of aliphatic carboxylic acids is 1. The number of nitrogens with zero attached hydrogens (tertiary/aromatic N) is 2. The van der Waals surface area contributed by atoms with Crippen LogP contribution in [-0.2, 0) is 4.79 Å². The third-order valence-corrected chi connectivity index (χ3v) is 3.33. The van der Waals surface area contributed by atoms with Gasteiger partial charge in [-0.3, -0.25) is 9.59 Å². The van der Waals surface area contributed by atoms with Gasteiger partial charge in [0.15, 0.2) is 0 Å². The van der Waals surface area contributed by atoms with Crippen LogP contribution < -0.4 is 5.32 Å². The minimum atomic E-state index is -0.764. The van der Waals surface area contributed by atoms with Gasteiger partial charge in [0.2, 0.25) is 0 Å². The van der Waals surface area contributed by atoms with E-state index in [9.17, 15) is 9.59 Å². The Morgan fingerprint density at radius 2 is 2.11 bits per heavy atom. The van der Waals surface area contributed by atoms with Crippen LogP contribution in [0.2, 0.25) is 0 Å². The van der Waals surface area contributed by atoms with Gasteiger partial charge in [-0.25, -0.2) is 4.98 Å². The van der Waals surface area contributed by atoms with Crippen molar-refractivity contribution < 1.29 is 14.7 Å². The van der Waals surface area contributed by atoms with E-state index in [1.54, 1.807) is 26.2 Å². The van der Waals surface area contributed by atoms with E-state index in [4.69, 9.17) is 5.11 Å². The van der Waals surface area contributed by atoms with Crippen LogP contribution in [-0.4, -0.2) is 47.5 Å². The van der Waals surface area contributed by atoms with Crippen LogP contribution in [0.1, 0.15) is 23.2 Å². The highest BCUT2D eigenvalue weighted by atomic mass is 16.4. The second kappa shape index (κ2) is 4.87. The van der Waals surface area contributed by atoms with E-state index < -0.39 is 11.4 Å². The zero-order valence-corrected chi connectivity index (χ0v) is 11.0. The maximum absolute atomic E-state index is 11.7. The molecule has 1 aromatic heterocycles. The summed E-state index contributed by atoms with van der Waals surface area (Å²) in [7, 11) is 3.36. The number of carbonyl (C=O) groups excluding carboxylic acids is 1. The fourth-order valence-corrected chi connectivity index (χ4v) is 1.76. The van der Waals surface area contributed by atoms with Gasteiger partial charge < -0.3 is 15.3 Å². The number of carboxylic acids is 1. The van der Waals surface area contributed by atoms with E-state index >= 15 is 0 Å². The molecule has 2 rings (SSSR count). The van der Waals surface area contributed by atoms with Crippen molar-refractivity contribution in [2.45, 2.75) is 12.8 Å². The molecule has 0 atom stereocenters. The lowest BCUT2D eigenvalue weighted by atomic mass is 10.1. The number of nitrogens with one attached hydrogen (secondary N) is 1. The van der Waals surface area contributed by atoms with Gasteiger partial charge in [-0.15, -0.1) is 0 Å². The van der Waals surface area contributed by atoms with Crippen LogP contribution in [0.5, 0.6) is 0 Å². The molecule has 1 aliphatic rings. The Hall–Kier alpha value is -2.11. The smallest absolute Gasteiger partial charge is 0.311 e. The highest BCUT2D eigenvalue weighted by Crippen LogP contribution is 2.45. The average Bonchev–Trinajstić information content (AvgIpc) is 3.17. The predicted octanol–water partition coefficient (Wildman–Crippen LogP) is 1.06. The van der Waals surface area contributed by atoms with Crippen molar-refractivity contribution in [2.75, 3.05) is 26.0 Å². The summed E-state index contributed by atoms with van der Waals surface area (Å²) >= 11 is 0. The number of carbonyl (C=O) groups is 2. The van der Waals surface area contributed by atoms with Crippen LogP contribution in [0.15, 0.2) is 18.3 Å². The first-order valence-corrected chi connectivity index (χ1v) is 6.10. The summed E-state index contributed by atoms with van der Waals surface area (Å²) in [6.45, 7) is 0.371. The Morgan fingerprint density at radius 3 is 2.53 bits per heavy atom. The molecule has 0 unspecified atom stereocenters. The Bertz CT molecular complexity index is 492. The van der Waals surface area contributed by atoms with Gasteiger partial charge in [0.1, 0.15) is 5.82 Å². The second-order valence-corrected chi connectivity index (χ2v) is 5.07. The lowest BCUT2D eigenvalue weighted by Gasteiger charge is -2.13. The molecule has 102 valence electrons. The van der Waals surface area contributed by atoms with Crippen molar-refractivity contribution in [3.63, 3.8) is 0 Å². The number of hydrogen-bond acceptors (Lipinski definition) is 4. The number of anilines is 1. The third kappa shape index (κ3) is 2.83. The molecule has 0 radical (unpaired) electrons. The molecular formula is C13H17N3O3. The van der Waals surface area contributed by atoms with Gasteiger partial charge in [0, 0.05) is 26.8 Å². The number of carboxylic acid groups (broad SMARTS) is 1. The van der Waals surface area contributed by atoms with E-state index in [1.807, 2.05) is 0 Å². The maximum atomic E-state index is 11.7. The van der Waals surface area contributed by atoms with Gasteiger partial charge in [0.05, 0.1) is 11.0 Å². The molecule has 19 heavy (non-hydrogen) atoms. The Morgan fingerprint density at radius 1 is 1.42 bits per heavy atom. The fourth-order valence-electron chi connectivity index (χ4n) is 1.76. The molecule has 0 aromatic carbocycles. The van der Waals surface area contributed by atoms with Crippen LogP contribution in [0.3, 0.4) is 0 Å². The molecule has 1 aromatic rings. The largest absolute Gasteiger partial charge is 0.481 e. The molecule has 1 heterocycles. The first-order chi connectivity index (χ1) is 8.94. The third-order valence-electron chi connectivity index (χ3n) is 3.33. The summed E-state index contributed by atoms with van der Waals surface area (Å²) in [5.41, 5.74) is -0.116. The zero-order chi connectivity index (χ0) is 14.0. The first kappa shape index (κ1) is 13.3. The number of rotatable bonds is 5. The van der Waals surface area contributed by atoms with Crippen LogP contribution in [0.4, 0.5) is 5.82 Å². The molecule has 1 fully saturated rings. The molecule has 0 saturated heterocycles. The lowest BCUT2D eigenvalue weighted by Crippen LogP contribution is -2.25. The van der Waals surface area contributed by atoms with Crippen molar-refractivity contribution in [3.8, 4) is 0 Å². The van der Waals surface area contributed by atoms with Crippen molar-refractivity contribution in [3.05, 3.63) is 23.9 Å². The van der Waals surface area contributed by atoms with Crippen molar-refractivity contribution >= 4 is 17.7 Å². The monoisotopic (exact) mass is 263 g/mol. The minimum absolute atomic E-state index is 0.108. The lowest BCUT2D eigenvalue weighted by molar-refractivity contribution is -0.142. The van der Waals surface area contributed by atoms with E-state index in [0.29, 0.717) is 30.8 Å².